The van der Waals surface area contributed by atoms with Gasteiger partial charge in [-0.15, -0.1) is 10.2 Å². The number of hydrogen-bond acceptors (Lipinski definition) is 4. The third kappa shape index (κ3) is 1.34. The second kappa shape index (κ2) is 2.86. The van der Waals surface area contributed by atoms with Gasteiger partial charge in [-0.3, -0.25) is 0 Å². The molecule has 2 heterocycles. The monoisotopic (exact) mass is 167 g/mol. The highest BCUT2D eigenvalue weighted by molar-refractivity contribution is 4.95. The molecule has 1 aliphatic heterocycles. The van der Waals surface area contributed by atoms with E-state index >= 15 is 0 Å². The molecule has 12 heavy (non-hydrogen) atoms. The molecule has 1 fully saturated rings. The lowest BCUT2D eigenvalue weighted by atomic mass is 10.1. The van der Waals surface area contributed by atoms with Crippen LogP contribution in [0.3, 0.4) is 0 Å². The number of nitrogens with zero attached hydrogens (tertiary/aromatic N) is 3. The Morgan fingerprint density at radius 3 is 2.83 bits per heavy atom. The van der Waals surface area contributed by atoms with Gasteiger partial charge in [0.2, 0.25) is 11.8 Å². The highest BCUT2D eigenvalue weighted by Crippen LogP contribution is 2.24. The molecule has 1 aliphatic rings. The predicted molar refractivity (Wildman–Crippen MR) is 43.9 cm³/mol. The fraction of sp³-hybridized carbons (Fsp3) is 0.750. The molecular formula is C8H13N3O. The summed E-state index contributed by atoms with van der Waals surface area (Å²) in [6.07, 6.45) is 1.14. The van der Waals surface area contributed by atoms with Crippen molar-refractivity contribution in [1.29, 1.82) is 0 Å². The van der Waals surface area contributed by atoms with Gasteiger partial charge in [0.25, 0.3) is 0 Å². The fourth-order valence-corrected chi connectivity index (χ4v) is 1.61. The Labute approximate surface area is 71.6 Å². The van der Waals surface area contributed by atoms with Crippen LogP contribution in [0.15, 0.2) is 4.42 Å². The lowest BCUT2D eigenvalue weighted by molar-refractivity contribution is 0.387. The second-order valence-electron chi connectivity index (χ2n) is 3.41. The van der Waals surface area contributed by atoms with E-state index < -0.39 is 0 Å². The maximum Gasteiger partial charge on any atom is 0.220 e. The number of aromatic nitrogens is 2. The number of rotatable bonds is 1. The second-order valence-corrected chi connectivity index (χ2v) is 3.41. The molecule has 0 aromatic carbocycles. The molecule has 0 aliphatic carbocycles. The molecule has 1 aromatic rings. The van der Waals surface area contributed by atoms with Crippen LogP contribution in [0.4, 0.5) is 0 Å². The van der Waals surface area contributed by atoms with Crippen molar-refractivity contribution in [2.75, 3.05) is 20.1 Å². The zero-order chi connectivity index (χ0) is 8.55. The number of likely N-dealkylation sites (N-methyl/N-ethyl adjacent to an activating group) is 1. The third-order valence-electron chi connectivity index (χ3n) is 2.28. The summed E-state index contributed by atoms with van der Waals surface area (Å²) in [5.41, 5.74) is 0. The van der Waals surface area contributed by atoms with Crippen LogP contribution < -0.4 is 0 Å². The highest BCUT2D eigenvalue weighted by Gasteiger charge is 2.25. The molecule has 1 atom stereocenters. The number of likely N-dealkylation sites (tertiary alicyclic amines) is 1. The Hall–Kier alpha value is -0.900. The van der Waals surface area contributed by atoms with Crippen LogP contribution in [0.2, 0.25) is 0 Å². The van der Waals surface area contributed by atoms with Gasteiger partial charge in [0.05, 0.1) is 5.92 Å². The first-order chi connectivity index (χ1) is 5.75. The molecule has 2 rings (SSSR count). The molecule has 1 saturated heterocycles. The van der Waals surface area contributed by atoms with Crippen LogP contribution in [-0.2, 0) is 0 Å². The van der Waals surface area contributed by atoms with Gasteiger partial charge in [-0.1, -0.05) is 0 Å². The van der Waals surface area contributed by atoms with Crippen molar-refractivity contribution in [2.45, 2.75) is 19.3 Å². The van der Waals surface area contributed by atoms with E-state index in [2.05, 4.69) is 22.1 Å². The summed E-state index contributed by atoms with van der Waals surface area (Å²) in [5.74, 6) is 1.92. The van der Waals surface area contributed by atoms with Crippen molar-refractivity contribution in [2.24, 2.45) is 0 Å². The quantitative estimate of drug-likeness (QED) is 0.620. The van der Waals surface area contributed by atoms with Crippen LogP contribution in [0.1, 0.15) is 24.1 Å². The molecule has 1 unspecified atom stereocenters. The molecule has 0 radical (unpaired) electrons. The maximum absolute atomic E-state index is 5.37. The molecule has 4 heteroatoms. The standard InChI is InChI=1S/C8H13N3O/c1-6-9-10-8(12-6)7-3-4-11(2)5-7/h7H,3-5H2,1-2H3. The lowest BCUT2D eigenvalue weighted by Crippen LogP contribution is -2.13. The maximum atomic E-state index is 5.37. The van der Waals surface area contributed by atoms with Gasteiger partial charge in [0.15, 0.2) is 0 Å². The molecule has 1 aromatic heterocycles. The largest absolute Gasteiger partial charge is 0.425 e. The number of hydrogen-bond donors (Lipinski definition) is 0. The van der Waals surface area contributed by atoms with Crippen LogP contribution in [-0.4, -0.2) is 35.2 Å². The van der Waals surface area contributed by atoms with Crippen molar-refractivity contribution < 1.29 is 4.42 Å². The molecule has 0 amide bonds. The van der Waals surface area contributed by atoms with E-state index in [0.29, 0.717) is 11.8 Å². The van der Waals surface area contributed by atoms with Gasteiger partial charge in [0.1, 0.15) is 0 Å². The summed E-state index contributed by atoms with van der Waals surface area (Å²) >= 11 is 0. The molecule has 0 saturated carbocycles. The third-order valence-corrected chi connectivity index (χ3v) is 2.28. The van der Waals surface area contributed by atoms with E-state index in [4.69, 9.17) is 4.42 Å². The Morgan fingerprint density at radius 2 is 2.33 bits per heavy atom. The van der Waals surface area contributed by atoms with Crippen molar-refractivity contribution in [3.8, 4) is 0 Å². The Kier molecular flexibility index (Phi) is 1.84. The first-order valence-electron chi connectivity index (χ1n) is 4.24. The summed E-state index contributed by atoms with van der Waals surface area (Å²) < 4.78 is 5.37. The highest BCUT2D eigenvalue weighted by atomic mass is 16.4. The first kappa shape index (κ1) is 7.73. The molecule has 0 spiro atoms. The Morgan fingerprint density at radius 1 is 1.50 bits per heavy atom. The van der Waals surface area contributed by atoms with Gasteiger partial charge >= 0.3 is 0 Å². The minimum absolute atomic E-state index is 0.455. The van der Waals surface area contributed by atoms with Gasteiger partial charge in [-0.2, -0.15) is 0 Å². The first-order valence-corrected chi connectivity index (χ1v) is 4.24. The smallest absolute Gasteiger partial charge is 0.220 e. The van der Waals surface area contributed by atoms with E-state index in [-0.39, 0.29) is 0 Å². The van der Waals surface area contributed by atoms with Gasteiger partial charge in [-0.25, -0.2) is 0 Å². The molecule has 0 bridgehead atoms. The minimum Gasteiger partial charge on any atom is -0.425 e. The minimum atomic E-state index is 0.455. The van der Waals surface area contributed by atoms with E-state index in [1.54, 1.807) is 0 Å². The average Bonchev–Trinajstić information content (AvgIpc) is 2.58. The zero-order valence-corrected chi connectivity index (χ0v) is 7.45. The Bertz CT molecular complexity index is 271. The summed E-state index contributed by atoms with van der Waals surface area (Å²) in [4.78, 5) is 2.28. The number of aryl methyl sites for hydroxylation is 1. The van der Waals surface area contributed by atoms with Crippen LogP contribution in [0.5, 0.6) is 0 Å². The normalized spacial score (nSPS) is 25.0. The molecule has 4 nitrogen and oxygen atoms in total. The van der Waals surface area contributed by atoms with E-state index in [0.717, 1.165) is 25.4 Å². The SMILES string of the molecule is Cc1nnc(C2CCN(C)C2)o1. The van der Waals surface area contributed by atoms with Crippen molar-refractivity contribution in [1.82, 2.24) is 15.1 Å². The van der Waals surface area contributed by atoms with E-state index in [1.165, 1.54) is 0 Å². The van der Waals surface area contributed by atoms with Crippen LogP contribution in [0.25, 0.3) is 0 Å². The van der Waals surface area contributed by atoms with Gasteiger partial charge < -0.3 is 9.32 Å². The van der Waals surface area contributed by atoms with E-state index in [9.17, 15) is 0 Å². The van der Waals surface area contributed by atoms with Crippen LogP contribution >= 0.6 is 0 Å². The molecular weight excluding hydrogens is 154 g/mol. The molecule has 66 valence electrons. The fourth-order valence-electron chi connectivity index (χ4n) is 1.61. The Balaban J connectivity index is 2.11. The lowest BCUT2D eigenvalue weighted by Gasteiger charge is -2.05. The summed E-state index contributed by atoms with van der Waals surface area (Å²) in [6.45, 7) is 4.00. The van der Waals surface area contributed by atoms with Gasteiger partial charge in [0, 0.05) is 13.5 Å². The van der Waals surface area contributed by atoms with Gasteiger partial charge in [-0.05, 0) is 20.0 Å². The summed E-state index contributed by atoms with van der Waals surface area (Å²) in [5, 5.41) is 7.84. The topological polar surface area (TPSA) is 42.2 Å². The van der Waals surface area contributed by atoms with Crippen molar-refractivity contribution in [3.05, 3.63) is 11.8 Å². The van der Waals surface area contributed by atoms with Crippen LogP contribution in [0, 0.1) is 6.92 Å². The zero-order valence-electron chi connectivity index (χ0n) is 7.45. The predicted octanol–water partition coefficient (Wildman–Crippen LogP) is 0.797. The van der Waals surface area contributed by atoms with Crippen molar-refractivity contribution in [3.63, 3.8) is 0 Å². The molecule has 0 N–H and O–H groups in total. The average molecular weight is 167 g/mol. The van der Waals surface area contributed by atoms with Crippen molar-refractivity contribution >= 4 is 0 Å². The van der Waals surface area contributed by atoms with E-state index in [1.807, 2.05) is 6.92 Å². The summed E-state index contributed by atoms with van der Waals surface area (Å²) in [6, 6.07) is 0. The summed E-state index contributed by atoms with van der Waals surface area (Å²) in [7, 11) is 2.11.